The number of halogens is 1. The van der Waals surface area contributed by atoms with E-state index in [1.165, 1.54) is 10.9 Å². The minimum atomic E-state index is -0.284. The Morgan fingerprint density at radius 1 is 1.15 bits per heavy atom. The van der Waals surface area contributed by atoms with Crippen molar-refractivity contribution in [3.8, 4) is 10.6 Å². The molecule has 0 saturated carbocycles. The molecule has 1 atom stereocenters. The van der Waals surface area contributed by atoms with Crippen molar-refractivity contribution in [2.75, 3.05) is 0 Å². The lowest BCUT2D eigenvalue weighted by Gasteiger charge is -2.20. The van der Waals surface area contributed by atoms with Gasteiger partial charge in [-0.3, -0.25) is 4.79 Å². The van der Waals surface area contributed by atoms with Crippen molar-refractivity contribution in [3.05, 3.63) is 76.5 Å². The molecule has 1 N–H and O–H groups in total. The van der Waals surface area contributed by atoms with Gasteiger partial charge >= 0.3 is 0 Å². The Morgan fingerprint density at radius 2 is 1.92 bits per heavy atom. The quantitative estimate of drug-likeness (QED) is 0.745. The zero-order chi connectivity index (χ0) is 17.9. The first kappa shape index (κ1) is 16.9. The fourth-order valence-electron chi connectivity index (χ4n) is 3.27. The molecule has 5 heteroatoms. The molecule has 1 amide bonds. The Morgan fingerprint density at radius 3 is 2.73 bits per heavy atom. The molecule has 3 aromatic rings. The number of aryl methyl sites for hydroxylation is 1. The Hall–Kier alpha value is -2.53. The number of nitrogens with one attached hydrogen (secondary N) is 1. The van der Waals surface area contributed by atoms with Crippen molar-refractivity contribution in [2.45, 2.75) is 25.8 Å². The summed E-state index contributed by atoms with van der Waals surface area (Å²) in [5, 5.41) is 3.90. The number of rotatable bonds is 4. The predicted octanol–water partition coefficient (Wildman–Crippen LogP) is 4.37. The van der Waals surface area contributed by atoms with Crippen LogP contribution >= 0.6 is 11.3 Å². The third-order valence-electron chi connectivity index (χ3n) is 4.74. The number of amides is 1. The second-order valence-corrected chi connectivity index (χ2v) is 7.59. The van der Waals surface area contributed by atoms with E-state index in [1.54, 1.807) is 29.5 Å². The molecule has 0 radical (unpaired) electrons. The molecule has 26 heavy (non-hydrogen) atoms. The molecule has 1 aliphatic rings. The summed E-state index contributed by atoms with van der Waals surface area (Å²) in [6, 6.07) is 16.7. The molecule has 3 nitrogen and oxygen atoms in total. The predicted molar refractivity (Wildman–Crippen MR) is 101 cm³/mol. The second-order valence-electron chi connectivity index (χ2n) is 6.50. The molecule has 0 spiro atoms. The van der Waals surface area contributed by atoms with Crippen molar-refractivity contribution >= 4 is 17.2 Å². The van der Waals surface area contributed by atoms with E-state index in [0.29, 0.717) is 12.0 Å². The minimum Gasteiger partial charge on any atom is -0.352 e. The summed E-state index contributed by atoms with van der Waals surface area (Å²) in [7, 11) is 0. The van der Waals surface area contributed by atoms with Crippen LogP contribution in [0.25, 0.3) is 10.6 Å². The molecule has 0 bridgehead atoms. The highest BCUT2D eigenvalue weighted by Gasteiger charge is 2.27. The standard InChI is InChI=1S/C21H19FN2OS/c22-17-9-5-4-8-16(17)13-23-20(25)15-10-11-18-19(12-15)26-21(24-18)14-6-2-1-3-7-14/h1-9,15H,10-13H2,(H,23,25). The third-order valence-corrected chi connectivity index (χ3v) is 5.91. The Balaban J connectivity index is 1.42. The average molecular weight is 366 g/mol. The van der Waals surface area contributed by atoms with Crippen LogP contribution in [0.15, 0.2) is 54.6 Å². The van der Waals surface area contributed by atoms with E-state index in [-0.39, 0.29) is 24.2 Å². The largest absolute Gasteiger partial charge is 0.352 e. The summed E-state index contributed by atoms with van der Waals surface area (Å²) in [6.07, 6.45) is 2.31. The Labute approximate surface area is 155 Å². The van der Waals surface area contributed by atoms with Gasteiger partial charge in [0.15, 0.2) is 0 Å². The zero-order valence-corrected chi connectivity index (χ0v) is 15.1. The van der Waals surface area contributed by atoms with Gasteiger partial charge in [0.1, 0.15) is 10.8 Å². The summed E-state index contributed by atoms with van der Waals surface area (Å²) in [5.41, 5.74) is 2.75. The summed E-state index contributed by atoms with van der Waals surface area (Å²) in [6.45, 7) is 0.229. The van der Waals surface area contributed by atoms with Gasteiger partial charge in [0, 0.05) is 28.5 Å². The molecule has 0 fully saturated rings. The number of carbonyl (C=O) groups is 1. The highest BCUT2D eigenvalue weighted by molar-refractivity contribution is 7.15. The fourth-order valence-corrected chi connectivity index (χ4v) is 4.46. The van der Waals surface area contributed by atoms with Gasteiger partial charge in [0.2, 0.25) is 5.91 Å². The molecule has 1 heterocycles. The second kappa shape index (κ2) is 7.38. The monoisotopic (exact) mass is 366 g/mol. The normalized spacial score (nSPS) is 16.1. The van der Waals surface area contributed by atoms with Crippen LogP contribution < -0.4 is 5.32 Å². The van der Waals surface area contributed by atoms with Crippen LogP contribution in [0.4, 0.5) is 4.39 Å². The van der Waals surface area contributed by atoms with Crippen LogP contribution in [0.3, 0.4) is 0 Å². The average Bonchev–Trinajstić information content (AvgIpc) is 3.11. The van der Waals surface area contributed by atoms with Gasteiger partial charge < -0.3 is 5.32 Å². The lowest BCUT2D eigenvalue weighted by Crippen LogP contribution is -2.33. The Bertz CT molecular complexity index is 923. The van der Waals surface area contributed by atoms with Crippen LogP contribution in [-0.4, -0.2) is 10.9 Å². The van der Waals surface area contributed by atoms with Crippen molar-refractivity contribution in [3.63, 3.8) is 0 Å². The van der Waals surface area contributed by atoms with Crippen LogP contribution in [0.5, 0.6) is 0 Å². The van der Waals surface area contributed by atoms with E-state index >= 15 is 0 Å². The van der Waals surface area contributed by atoms with Gasteiger partial charge in [0.05, 0.1) is 5.69 Å². The fraction of sp³-hybridized carbons (Fsp3) is 0.238. The molecular weight excluding hydrogens is 347 g/mol. The molecule has 0 aliphatic heterocycles. The summed E-state index contributed by atoms with van der Waals surface area (Å²) in [5.74, 6) is -0.361. The van der Waals surface area contributed by atoms with Gasteiger partial charge in [-0.2, -0.15) is 0 Å². The van der Waals surface area contributed by atoms with E-state index in [0.717, 1.165) is 29.1 Å². The lowest BCUT2D eigenvalue weighted by molar-refractivity contribution is -0.125. The summed E-state index contributed by atoms with van der Waals surface area (Å²) >= 11 is 1.68. The first-order chi connectivity index (χ1) is 12.7. The Kier molecular flexibility index (Phi) is 4.80. The first-order valence-corrected chi connectivity index (χ1v) is 9.57. The van der Waals surface area contributed by atoms with E-state index in [1.807, 2.05) is 18.2 Å². The number of carbonyl (C=O) groups excluding carboxylic acids is 1. The SMILES string of the molecule is O=C(NCc1ccccc1F)C1CCc2nc(-c3ccccc3)sc2C1. The smallest absolute Gasteiger partial charge is 0.223 e. The summed E-state index contributed by atoms with van der Waals surface area (Å²) < 4.78 is 13.7. The highest BCUT2D eigenvalue weighted by atomic mass is 32.1. The van der Waals surface area contributed by atoms with E-state index in [9.17, 15) is 9.18 Å². The van der Waals surface area contributed by atoms with Crippen molar-refractivity contribution in [1.82, 2.24) is 10.3 Å². The maximum absolute atomic E-state index is 13.7. The van der Waals surface area contributed by atoms with Crippen LogP contribution in [0, 0.1) is 11.7 Å². The number of hydrogen-bond acceptors (Lipinski definition) is 3. The lowest BCUT2D eigenvalue weighted by atomic mass is 9.90. The molecular formula is C21H19FN2OS. The first-order valence-electron chi connectivity index (χ1n) is 8.76. The number of aromatic nitrogens is 1. The zero-order valence-electron chi connectivity index (χ0n) is 14.2. The maximum Gasteiger partial charge on any atom is 0.223 e. The van der Waals surface area contributed by atoms with Crippen molar-refractivity contribution < 1.29 is 9.18 Å². The molecule has 4 rings (SSSR count). The number of nitrogens with zero attached hydrogens (tertiary/aromatic N) is 1. The number of thiazole rings is 1. The van der Waals surface area contributed by atoms with Crippen molar-refractivity contribution in [1.29, 1.82) is 0 Å². The third kappa shape index (κ3) is 3.53. The number of benzene rings is 2. The molecule has 0 saturated heterocycles. The molecule has 1 aliphatic carbocycles. The molecule has 1 unspecified atom stereocenters. The highest BCUT2D eigenvalue weighted by Crippen LogP contribution is 2.34. The van der Waals surface area contributed by atoms with Gasteiger partial charge in [-0.15, -0.1) is 11.3 Å². The summed E-state index contributed by atoms with van der Waals surface area (Å²) in [4.78, 5) is 18.5. The number of hydrogen-bond donors (Lipinski definition) is 1. The van der Waals surface area contributed by atoms with E-state index in [2.05, 4.69) is 17.4 Å². The van der Waals surface area contributed by atoms with Crippen LogP contribution in [0.2, 0.25) is 0 Å². The van der Waals surface area contributed by atoms with E-state index in [4.69, 9.17) is 4.98 Å². The van der Waals surface area contributed by atoms with Crippen molar-refractivity contribution in [2.24, 2.45) is 5.92 Å². The molecule has 1 aromatic heterocycles. The topological polar surface area (TPSA) is 42.0 Å². The van der Waals surface area contributed by atoms with E-state index < -0.39 is 0 Å². The number of fused-ring (bicyclic) bond motifs is 1. The van der Waals surface area contributed by atoms with Gasteiger partial charge in [-0.1, -0.05) is 48.5 Å². The molecule has 132 valence electrons. The van der Waals surface area contributed by atoms with Gasteiger partial charge in [-0.05, 0) is 25.3 Å². The minimum absolute atomic E-state index is 0.00596. The van der Waals surface area contributed by atoms with Crippen LogP contribution in [0.1, 0.15) is 22.6 Å². The molecule has 2 aromatic carbocycles. The maximum atomic E-state index is 13.7. The van der Waals surface area contributed by atoms with Gasteiger partial charge in [0.25, 0.3) is 0 Å². The van der Waals surface area contributed by atoms with Crippen LogP contribution in [-0.2, 0) is 24.2 Å². The van der Waals surface area contributed by atoms with Gasteiger partial charge in [-0.25, -0.2) is 9.37 Å².